The minimum Gasteiger partial charge on any atom is -0.497 e. The van der Waals surface area contributed by atoms with Crippen LogP contribution in [0.15, 0.2) is 54.6 Å². The molecular weight excluding hydrogens is 266 g/mol. The van der Waals surface area contributed by atoms with Crippen molar-refractivity contribution in [2.75, 3.05) is 12.4 Å². The van der Waals surface area contributed by atoms with E-state index < -0.39 is 12.0 Å². The molecule has 106 valence electrons. The highest BCUT2D eigenvalue weighted by Crippen LogP contribution is 2.21. The van der Waals surface area contributed by atoms with Crippen LogP contribution in [0.25, 0.3) is 0 Å². The molecule has 2 rings (SSSR count). The zero-order valence-corrected chi connectivity index (χ0v) is 11.5. The Morgan fingerprint density at radius 2 is 1.81 bits per heavy atom. The average Bonchev–Trinajstić information content (AvgIpc) is 2.52. The second-order valence-electron chi connectivity index (χ2n) is 4.29. The largest absolute Gasteiger partial charge is 0.497 e. The van der Waals surface area contributed by atoms with Crippen molar-refractivity contribution in [3.8, 4) is 17.6 Å². The van der Waals surface area contributed by atoms with Crippen molar-refractivity contribution < 1.29 is 14.6 Å². The van der Waals surface area contributed by atoms with E-state index in [1.807, 2.05) is 54.6 Å². The first-order valence-corrected chi connectivity index (χ1v) is 6.39. The molecule has 0 aromatic heterocycles. The molecule has 0 aliphatic heterocycles. The Balaban J connectivity index is 2.27. The number of nitrogens with one attached hydrogen (secondary N) is 1. The molecule has 21 heavy (non-hydrogen) atoms. The minimum atomic E-state index is -1.15. The van der Waals surface area contributed by atoms with Gasteiger partial charge in [0.15, 0.2) is 0 Å². The predicted octanol–water partition coefficient (Wildman–Crippen LogP) is 2.94. The number of carboxylic acid groups (broad SMARTS) is 1. The topological polar surface area (TPSA) is 58.6 Å². The van der Waals surface area contributed by atoms with Crippen molar-refractivity contribution in [1.29, 1.82) is 0 Å². The van der Waals surface area contributed by atoms with Crippen LogP contribution in [-0.2, 0) is 4.79 Å². The molecule has 4 nitrogen and oxygen atoms in total. The summed E-state index contributed by atoms with van der Waals surface area (Å²) in [7, 11) is 1.60. The smallest absolute Gasteiger partial charge is 0.381 e. The quantitative estimate of drug-likeness (QED) is 0.846. The number of hydrogen-bond acceptors (Lipinski definition) is 3. The van der Waals surface area contributed by atoms with Crippen molar-refractivity contribution in [1.82, 2.24) is 0 Å². The Morgan fingerprint density at radius 3 is 2.38 bits per heavy atom. The van der Waals surface area contributed by atoms with E-state index in [1.54, 1.807) is 7.11 Å². The van der Waals surface area contributed by atoms with Gasteiger partial charge < -0.3 is 15.2 Å². The molecule has 0 aliphatic carbocycles. The summed E-state index contributed by atoms with van der Waals surface area (Å²) in [5, 5.41) is 11.9. The number of carbonyl (C=O) groups is 1. The molecule has 0 heterocycles. The lowest BCUT2D eigenvalue weighted by atomic mass is 10.1. The lowest BCUT2D eigenvalue weighted by Gasteiger charge is -2.15. The fraction of sp³-hybridized carbons (Fsp3) is 0.118. The highest BCUT2D eigenvalue weighted by atomic mass is 16.5. The van der Waals surface area contributed by atoms with Crippen LogP contribution in [0.3, 0.4) is 0 Å². The van der Waals surface area contributed by atoms with Gasteiger partial charge in [-0.3, -0.25) is 0 Å². The van der Waals surface area contributed by atoms with Crippen LogP contribution < -0.4 is 10.1 Å². The summed E-state index contributed by atoms with van der Waals surface area (Å²) in [4.78, 5) is 10.7. The highest BCUT2D eigenvalue weighted by molar-refractivity contribution is 5.86. The second-order valence-corrected chi connectivity index (χ2v) is 4.29. The second kappa shape index (κ2) is 7.01. The van der Waals surface area contributed by atoms with Crippen LogP contribution in [0.2, 0.25) is 0 Å². The van der Waals surface area contributed by atoms with Crippen molar-refractivity contribution in [3.63, 3.8) is 0 Å². The molecule has 0 spiro atoms. The first-order chi connectivity index (χ1) is 10.2. The van der Waals surface area contributed by atoms with Gasteiger partial charge in [0.1, 0.15) is 11.8 Å². The number of hydrogen-bond donors (Lipinski definition) is 2. The van der Waals surface area contributed by atoms with E-state index >= 15 is 0 Å². The summed E-state index contributed by atoms with van der Waals surface area (Å²) >= 11 is 0. The van der Waals surface area contributed by atoms with E-state index in [0.29, 0.717) is 0 Å². The van der Waals surface area contributed by atoms with E-state index in [2.05, 4.69) is 17.2 Å². The molecule has 4 heteroatoms. The number of anilines is 1. The highest BCUT2D eigenvalue weighted by Gasteiger charge is 2.09. The SMILES string of the molecule is COc1ccc(C(C#CC(=O)O)Nc2ccccc2)cc1. The lowest BCUT2D eigenvalue weighted by Crippen LogP contribution is -2.09. The minimum absolute atomic E-state index is 0.408. The van der Waals surface area contributed by atoms with Crippen molar-refractivity contribution in [2.24, 2.45) is 0 Å². The van der Waals surface area contributed by atoms with Crippen LogP contribution in [0, 0.1) is 11.8 Å². The fourth-order valence-electron chi connectivity index (χ4n) is 1.83. The summed E-state index contributed by atoms with van der Waals surface area (Å²) in [6, 6.07) is 16.5. The molecule has 0 aliphatic rings. The zero-order valence-electron chi connectivity index (χ0n) is 11.5. The van der Waals surface area contributed by atoms with Gasteiger partial charge in [-0.2, -0.15) is 0 Å². The third-order valence-electron chi connectivity index (χ3n) is 2.86. The Bertz CT molecular complexity index is 654. The summed E-state index contributed by atoms with van der Waals surface area (Å²) in [5.41, 5.74) is 1.74. The molecule has 0 bridgehead atoms. The maximum absolute atomic E-state index is 10.7. The lowest BCUT2D eigenvalue weighted by molar-refractivity contribution is -0.130. The van der Waals surface area contributed by atoms with E-state index in [-0.39, 0.29) is 0 Å². The third kappa shape index (κ3) is 4.29. The number of para-hydroxylation sites is 1. The Kier molecular flexibility index (Phi) is 4.84. The number of carboxylic acids is 1. The van der Waals surface area contributed by atoms with Gasteiger partial charge in [-0.25, -0.2) is 4.79 Å². The normalized spacial score (nSPS) is 10.9. The molecule has 0 saturated carbocycles. The molecule has 1 unspecified atom stereocenters. The van der Waals surface area contributed by atoms with E-state index in [9.17, 15) is 4.79 Å². The van der Waals surface area contributed by atoms with Crippen molar-refractivity contribution >= 4 is 11.7 Å². The monoisotopic (exact) mass is 281 g/mol. The van der Waals surface area contributed by atoms with E-state index in [4.69, 9.17) is 9.84 Å². The maximum Gasteiger partial charge on any atom is 0.381 e. The number of rotatable bonds is 4. The molecule has 2 aromatic rings. The van der Waals surface area contributed by atoms with Crippen LogP contribution in [0.4, 0.5) is 5.69 Å². The molecular formula is C17H15NO3. The number of aliphatic carboxylic acids is 1. The summed E-state index contributed by atoms with van der Waals surface area (Å²) in [5.74, 6) is 4.48. The summed E-state index contributed by atoms with van der Waals surface area (Å²) in [6.45, 7) is 0. The van der Waals surface area contributed by atoms with Crippen LogP contribution in [0.1, 0.15) is 11.6 Å². The average molecular weight is 281 g/mol. The van der Waals surface area contributed by atoms with Crippen LogP contribution in [-0.4, -0.2) is 18.2 Å². The van der Waals surface area contributed by atoms with E-state index in [1.165, 1.54) is 0 Å². The van der Waals surface area contributed by atoms with E-state index in [0.717, 1.165) is 17.0 Å². The summed E-state index contributed by atoms with van der Waals surface area (Å²) in [6.07, 6.45) is 0. The van der Waals surface area contributed by atoms with Crippen molar-refractivity contribution in [2.45, 2.75) is 6.04 Å². The molecule has 0 amide bonds. The maximum atomic E-state index is 10.7. The van der Waals surface area contributed by atoms with Gasteiger partial charge in [0.2, 0.25) is 0 Å². The predicted molar refractivity (Wildman–Crippen MR) is 81.2 cm³/mol. The van der Waals surface area contributed by atoms with Gasteiger partial charge in [-0.05, 0) is 29.8 Å². The summed E-state index contributed by atoms with van der Waals surface area (Å²) < 4.78 is 5.11. The first-order valence-electron chi connectivity index (χ1n) is 6.39. The van der Waals surface area contributed by atoms with Gasteiger partial charge in [0.25, 0.3) is 0 Å². The Hall–Kier alpha value is -2.93. The number of ether oxygens (including phenoxy) is 1. The molecule has 0 fully saturated rings. The van der Waals surface area contributed by atoms with Gasteiger partial charge in [-0.15, -0.1) is 0 Å². The van der Waals surface area contributed by atoms with Crippen molar-refractivity contribution in [3.05, 3.63) is 60.2 Å². The molecule has 0 saturated heterocycles. The molecule has 1 atom stereocenters. The van der Waals surface area contributed by atoms with Gasteiger partial charge in [0.05, 0.1) is 7.11 Å². The fourth-order valence-corrected chi connectivity index (χ4v) is 1.83. The van der Waals surface area contributed by atoms with Gasteiger partial charge in [0, 0.05) is 11.6 Å². The van der Waals surface area contributed by atoms with Gasteiger partial charge >= 0.3 is 5.97 Å². The number of benzene rings is 2. The molecule has 0 radical (unpaired) electrons. The van der Waals surface area contributed by atoms with Gasteiger partial charge in [-0.1, -0.05) is 36.3 Å². The standard InChI is InChI=1S/C17H15NO3/c1-21-15-9-7-13(8-10-15)16(11-12-17(19)20)18-14-5-3-2-4-6-14/h2-10,16,18H,1H3,(H,19,20). The first kappa shape index (κ1) is 14.5. The number of methoxy groups -OCH3 is 1. The Morgan fingerprint density at radius 1 is 1.14 bits per heavy atom. The zero-order chi connectivity index (χ0) is 15.1. The third-order valence-corrected chi connectivity index (χ3v) is 2.86. The molecule has 2 N–H and O–H groups in total. The Labute approximate surface area is 123 Å². The van der Waals surface area contributed by atoms with Crippen LogP contribution in [0.5, 0.6) is 5.75 Å². The molecule has 2 aromatic carbocycles. The van der Waals surface area contributed by atoms with Crippen LogP contribution >= 0.6 is 0 Å².